The highest BCUT2D eigenvalue weighted by atomic mass is 19.4. The van der Waals surface area contributed by atoms with E-state index in [1.165, 1.54) is 6.08 Å². The van der Waals surface area contributed by atoms with Crippen molar-refractivity contribution in [3.05, 3.63) is 54.3 Å². The van der Waals surface area contributed by atoms with Gasteiger partial charge in [-0.15, -0.1) is 0 Å². The minimum absolute atomic E-state index is 0.110. The summed E-state index contributed by atoms with van der Waals surface area (Å²) >= 11 is 0. The lowest BCUT2D eigenvalue weighted by Gasteiger charge is -2.12. The van der Waals surface area contributed by atoms with Crippen molar-refractivity contribution in [1.29, 1.82) is 0 Å². The van der Waals surface area contributed by atoms with Crippen LogP contribution >= 0.6 is 0 Å². The molecule has 2 rings (SSSR count). The zero-order chi connectivity index (χ0) is 13.3. The molecule has 1 nitrogen and oxygen atoms in total. The molecule has 0 spiro atoms. The Balaban J connectivity index is 2.60. The van der Waals surface area contributed by atoms with E-state index < -0.39 is 11.7 Å². The maximum absolute atomic E-state index is 12.7. The van der Waals surface area contributed by atoms with E-state index in [4.69, 9.17) is 0 Å². The highest BCUT2D eigenvalue weighted by Crippen LogP contribution is 2.33. The van der Waals surface area contributed by atoms with Crippen molar-refractivity contribution in [2.24, 2.45) is 0 Å². The second-order valence-electron chi connectivity index (χ2n) is 4.02. The Labute approximate surface area is 103 Å². The standard InChI is InChI=1S/C14H12F3N/c1-3-12(9(2)14(15,16)17)11-5-4-10-6-7-18-13(10)8-11/h3-8,18H,1H2,2H3/b12-9-. The zero-order valence-corrected chi connectivity index (χ0v) is 9.81. The highest BCUT2D eigenvalue weighted by molar-refractivity contribution is 5.86. The molecule has 0 radical (unpaired) electrons. The van der Waals surface area contributed by atoms with E-state index in [2.05, 4.69) is 11.6 Å². The number of rotatable bonds is 2. The van der Waals surface area contributed by atoms with Gasteiger partial charge in [-0.05, 0) is 35.6 Å². The molecule has 94 valence electrons. The maximum atomic E-state index is 12.7. The minimum atomic E-state index is -4.34. The van der Waals surface area contributed by atoms with E-state index in [1.54, 1.807) is 24.4 Å². The van der Waals surface area contributed by atoms with Gasteiger partial charge in [0.1, 0.15) is 0 Å². The van der Waals surface area contributed by atoms with Gasteiger partial charge in [-0.1, -0.05) is 24.8 Å². The minimum Gasteiger partial charge on any atom is -0.361 e. The first kappa shape index (κ1) is 12.5. The number of allylic oxidation sites excluding steroid dienone is 3. The number of aromatic amines is 1. The maximum Gasteiger partial charge on any atom is 0.413 e. The molecule has 2 aromatic rings. The van der Waals surface area contributed by atoms with Gasteiger partial charge in [0, 0.05) is 17.3 Å². The molecule has 0 fully saturated rings. The molecule has 0 saturated heterocycles. The summed E-state index contributed by atoms with van der Waals surface area (Å²) in [6.45, 7) is 4.54. The average Bonchev–Trinajstić information content (AvgIpc) is 2.76. The van der Waals surface area contributed by atoms with Gasteiger partial charge in [0.2, 0.25) is 0 Å². The van der Waals surface area contributed by atoms with Crippen LogP contribution in [0.2, 0.25) is 0 Å². The van der Waals surface area contributed by atoms with Gasteiger partial charge >= 0.3 is 6.18 Å². The molecule has 0 aliphatic heterocycles. The predicted octanol–water partition coefficient (Wildman–Crippen LogP) is 4.69. The molecular formula is C14H12F3N. The molecule has 0 saturated carbocycles. The van der Waals surface area contributed by atoms with E-state index in [0.29, 0.717) is 5.56 Å². The molecule has 1 heterocycles. The van der Waals surface area contributed by atoms with Gasteiger partial charge in [-0.25, -0.2) is 0 Å². The molecule has 1 N–H and O–H groups in total. The van der Waals surface area contributed by atoms with Crippen LogP contribution in [0.25, 0.3) is 16.5 Å². The van der Waals surface area contributed by atoms with Gasteiger partial charge < -0.3 is 4.98 Å². The highest BCUT2D eigenvalue weighted by Gasteiger charge is 2.32. The lowest BCUT2D eigenvalue weighted by atomic mass is 9.99. The molecule has 0 aliphatic rings. The van der Waals surface area contributed by atoms with Crippen molar-refractivity contribution in [3.63, 3.8) is 0 Å². The summed E-state index contributed by atoms with van der Waals surface area (Å²) in [6.07, 6.45) is -1.34. The molecule has 0 amide bonds. The van der Waals surface area contributed by atoms with Crippen LogP contribution in [-0.2, 0) is 0 Å². The molecule has 0 unspecified atom stereocenters. The number of hydrogen-bond acceptors (Lipinski definition) is 0. The second-order valence-corrected chi connectivity index (χ2v) is 4.02. The Morgan fingerprint density at radius 2 is 2.00 bits per heavy atom. The van der Waals surface area contributed by atoms with E-state index in [1.807, 2.05) is 6.07 Å². The second kappa shape index (κ2) is 4.37. The van der Waals surface area contributed by atoms with Gasteiger partial charge in [-0.2, -0.15) is 13.2 Å². The summed E-state index contributed by atoms with van der Waals surface area (Å²) in [5.74, 6) is 0. The Hall–Kier alpha value is -1.97. The summed E-state index contributed by atoms with van der Waals surface area (Å²) in [5.41, 5.74) is 0.791. The predicted molar refractivity (Wildman–Crippen MR) is 67.1 cm³/mol. The number of halogens is 3. The molecule has 4 heteroatoms. The van der Waals surface area contributed by atoms with Crippen LogP contribution in [0.4, 0.5) is 13.2 Å². The van der Waals surface area contributed by atoms with Gasteiger partial charge in [-0.3, -0.25) is 0 Å². The first-order valence-electron chi connectivity index (χ1n) is 5.41. The van der Waals surface area contributed by atoms with Crippen LogP contribution in [-0.4, -0.2) is 11.2 Å². The summed E-state index contributed by atoms with van der Waals surface area (Å²) in [4.78, 5) is 2.98. The Morgan fingerprint density at radius 3 is 2.61 bits per heavy atom. The molecule has 0 bridgehead atoms. The number of fused-ring (bicyclic) bond motifs is 1. The van der Waals surface area contributed by atoms with Gasteiger partial charge in [0.15, 0.2) is 0 Å². The quantitative estimate of drug-likeness (QED) is 0.745. The van der Waals surface area contributed by atoms with E-state index >= 15 is 0 Å². The van der Waals surface area contributed by atoms with Crippen molar-refractivity contribution < 1.29 is 13.2 Å². The van der Waals surface area contributed by atoms with E-state index in [-0.39, 0.29) is 5.57 Å². The molecular weight excluding hydrogens is 239 g/mol. The largest absolute Gasteiger partial charge is 0.413 e. The fourth-order valence-electron chi connectivity index (χ4n) is 1.86. The third kappa shape index (κ3) is 2.18. The normalized spacial score (nSPS) is 13.6. The van der Waals surface area contributed by atoms with Crippen LogP contribution in [0.5, 0.6) is 0 Å². The van der Waals surface area contributed by atoms with Crippen molar-refractivity contribution in [3.8, 4) is 0 Å². The van der Waals surface area contributed by atoms with Crippen LogP contribution in [0.15, 0.2) is 48.7 Å². The lowest BCUT2D eigenvalue weighted by molar-refractivity contribution is -0.0906. The van der Waals surface area contributed by atoms with Crippen molar-refractivity contribution in [2.45, 2.75) is 13.1 Å². The van der Waals surface area contributed by atoms with Crippen molar-refractivity contribution >= 4 is 16.5 Å². The van der Waals surface area contributed by atoms with Crippen molar-refractivity contribution in [1.82, 2.24) is 4.98 Å². The Morgan fingerprint density at radius 1 is 1.28 bits per heavy atom. The smallest absolute Gasteiger partial charge is 0.361 e. The Bertz CT molecular complexity index is 617. The summed E-state index contributed by atoms with van der Waals surface area (Å²) < 4.78 is 38.1. The van der Waals surface area contributed by atoms with Crippen LogP contribution < -0.4 is 0 Å². The number of H-pyrrole nitrogens is 1. The third-order valence-electron chi connectivity index (χ3n) is 2.90. The van der Waals surface area contributed by atoms with E-state index in [9.17, 15) is 13.2 Å². The number of aromatic nitrogens is 1. The fourth-order valence-corrected chi connectivity index (χ4v) is 1.86. The summed E-state index contributed by atoms with van der Waals surface area (Å²) in [6, 6.07) is 7.02. The van der Waals surface area contributed by atoms with Gasteiger partial charge in [0.05, 0.1) is 0 Å². The van der Waals surface area contributed by atoms with E-state index in [0.717, 1.165) is 17.8 Å². The van der Waals surface area contributed by atoms with Crippen molar-refractivity contribution in [2.75, 3.05) is 0 Å². The molecule has 1 aromatic heterocycles. The van der Waals surface area contributed by atoms with Gasteiger partial charge in [0.25, 0.3) is 0 Å². The molecule has 0 aliphatic carbocycles. The molecule has 0 atom stereocenters. The number of alkyl halides is 3. The average molecular weight is 251 g/mol. The number of nitrogens with one attached hydrogen (secondary N) is 1. The van der Waals surface area contributed by atoms with Crippen LogP contribution in [0, 0.1) is 0 Å². The molecule has 1 aromatic carbocycles. The third-order valence-corrected chi connectivity index (χ3v) is 2.90. The monoisotopic (exact) mass is 251 g/mol. The topological polar surface area (TPSA) is 15.8 Å². The summed E-state index contributed by atoms with van der Waals surface area (Å²) in [7, 11) is 0. The SMILES string of the molecule is C=C/C(=C(\C)C(F)(F)F)c1ccc2cc[nH]c2c1. The Kier molecular flexibility index (Phi) is 3.03. The zero-order valence-electron chi connectivity index (χ0n) is 9.81. The summed E-state index contributed by atoms with van der Waals surface area (Å²) in [5, 5.41) is 0.965. The van der Waals surface area contributed by atoms with Crippen LogP contribution in [0.3, 0.4) is 0 Å². The lowest BCUT2D eigenvalue weighted by Crippen LogP contribution is -2.10. The number of benzene rings is 1. The first-order chi connectivity index (χ1) is 8.43. The number of hydrogen-bond donors (Lipinski definition) is 1. The first-order valence-corrected chi connectivity index (χ1v) is 5.41. The van der Waals surface area contributed by atoms with Crippen LogP contribution in [0.1, 0.15) is 12.5 Å². The fraction of sp³-hybridized carbons (Fsp3) is 0.143. The molecule has 18 heavy (non-hydrogen) atoms.